The Bertz CT molecular complexity index is 2180. The van der Waals surface area contributed by atoms with Crippen molar-refractivity contribution in [3.8, 4) is 0 Å². The lowest BCUT2D eigenvalue weighted by Crippen LogP contribution is -2.41. The van der Waals surface area contributed by atoms with Gasteiger partial charge < -0.3 is 10.2 Å². The van der Waals surface area contributed by atoms with Crippen LogP contribution in [0, 0.1) is 0 Å². The summed E-state index contributed by atoms with van der Waals surface area (Å²) in [6.07, 6.45) is 8.34. The van der Waals surface area contributed by atoms with E-state index in [0.29, 0.717) is 55.5 Å². The molecule has 1 aromatic heterocycles. The highest BCUT2D eigenvalue weighted by Gasteiger charge is 2.49. The number of halogens is 3. The van der Waals surface area contributed by atoms with Gasteiger partial charge in [-0.25, -0.2) is 26.8 Å². The summed E-state index contributed by atoms with van der Waals surface area (Å²) in [5.74, 6) is 0.435. The van der Waals surface area contributed by atoms with Crippen LogP contribution in [-0.2, 0) is 32.8 Å². The van der Waals surface area contributed by atoms with E-state index in [4.69, 9.17) is 0 Å². The molecular weight excluding hydrogens is 770 g/mol. The van der Waals surface area contributed by atoms with Crippen LogP contribution in [0.25, 0.3) is 6.08 Å². The highest BCUT2D eigenvalue weighted by atomic mass is 32.2. The largest absolute Gasteiger partial charge is 0.501 e. The van der Waals surface area contributed by atoms with E-state index >= 15 is 0 Å². The average molecular weight is 815 g/mol. The minimum atomic E-state index is -6.10. The van der Waals surface area contributed by atoms with E-state index in [1.54, 1.807) is 0 Å². The molecule has 294 valence electrons. The smallest absolute Gasteiger partial charge is 0.381 e. The van der Waals surface area contributed by atoms with Gasteiger partial charge in [0.05, 0.1) is 10.6 Å². The van der Waals surface area contributed by atoms with Gasteiger partial charge in [0, 0.05) is 47.1 Å². The number of alkyl halides is 3. The number of anilines is 2. The Morgan fingerprint density at radius 3 is 2.29 bits per heavy atom. The number of sulfonamides is 1. The van der Waals surface area contributed by atoms with E-state index in [2.05, 4.69) is 43.1 Å². The van der Waals surface area contributed by atoms with E-state index in [1.807, 2.05) is 67.5 Å². The summed E-state index contributed by atoms with van der Waals surface area (Å²) < 4.78 is 98.3. The SMILES string of the molecule is CN(C)CC[C@H](CSc1ccccc1)Nc1ccc(S(=O)(=O)Nc2ncnc3c2CCN(C2CCC(=Cc4ccccc4)CC2)C3)c(S(=O)(=O)C(F)(F)F)c1. The number of fused-ring (bicyclic) bond motifs is 1. The van der Waals surface area contributed by atoms with Gasteiger partial charge in [-0.05, 0) is 95.1 Å². The fourth-order valence-corrected chi connectivity index (χ4v) is 10.6. The molecule has 2 heterocycles. The van der Waals surface area contributed by atoms with E-state index in [-0.39, 0.29) is 17.5 Å². The van der Waals surface area contributed by atoms with Gasteiger partial charge in [-0.3, -0.25) is 9.62 Å². The van der Waals surface area contributed by atoms with E-state index in [1.165, 1.54) is 35.3 Å². The summed E-state index contributed by atoms with van der Waals surface area (Å²) in [5, 5.41) is 3.16. The molecule has 0 amide bonds. The van der Waals surface area contributed by atoms with Crippen molar-refractivity contribution >= 4 is 49.2 Å². The molecule has 55 heavy (non-hydrogen) atoms. The number of rotatable bonds is 14. The van der Waals surface area contributed by atoms with Crippen LogP contribution in [0.3, 0.4) is 0 Å². The first kappa shape index (κ1) is 40.7. The zero-order chi connectivity index (χ0) is 39.2. The number of hydrogen-bond donors (Lipinski definition) is 2. The van der Waals surface area contributed by atoms with Crippen LogP contribution >= 0.6 is 11.8 Å². The predicted octanol–water partition coefficient (Wildman–Crippen LogP) is 7.48. The number of thioether (sulfide) groups is 1. The molecule has 1 saturated carbocycles. The molecule has 10 nitrogen and oxygen atoms in total. The summed E-state index contributed by atoms with van der Waals surface area (Å²) in [6, 6.07) is 22.8. The molecule has 6 rings (SSSR count). The standard InChI is InChI=1S/C39H45F3N6O4S3/c1-47(2)21-19-31(26-53-33-11-7-4-8-12-33)45-30-15-18-36(37(24-30)54(49,50)39(40,41)42)55(51,52)46-38-34-20-22-48(25-35(34)43-27-44-38)32-16-13-29(14-17-32)23-28-9-5-3-6-10-28/h3-12,15,18,23-24,27,31-32,45H,13-14,16-17,19-22,25-26H2,1-2H3,(H,43,44,46)/t31-,32?/m1/s1. The molecule has 1 fully saturated rings. The summed E-state index contributed by atoms with van der Waals surface area (Å²) in [7, 11) is -7.19. The zero-order valence-corrected chi connectivity index (χ0v) is 33.1. The van der Waals surface area contributed by atoms with Gasteiger partial charge in [-0.1, -0.05) is 60.2 Å². The first-order chi connectivity index (χ1) is 26.2. The van der Waals surface area contributed by atoms with Gasteiger partial charge in [-0.2, -0.15) is 13.2 Å². The molecular formula is C39H45F3N6O4S3. The van der Waals surface area contributed by atoms with Crippen LogP contribution in [-0.4, -0.2) is 87.1 Å². The number of sulfone groups is 1. The molecule has 0 radical (unpaired) electrons. The normalized spacial score (nSPS) is 17.4. The highest BCUT2D eigenvalue weighted by Crippen LogP contribution is 2.38. The maximum atomic E-state index is 14.1. The van der Waals surface area contributed by atoms with Gasteiger partial charge >= 0.3 is 5.51 Å². The van der Waals surface area contributed by atoms with Gasteiger partial charge in [0.15, 0.2) is 0 Å². The number of aromatic nitrogens is 2. The van der Waals surface area contributed by atoms with Crippen LogP contribution in [0.1, 0.15) is 48.9 Å². The first-order valence-corrected chi connectivity index (χ1v) is 22.0. The monoisotopic (exact) mass is 814 g/mol. The van der Waals surface area contributed by atoms with Gasteiger partial charge in [0.1, 0.15) is 17.0 Å². The molecule has 0 bridgehead atoms. The topological polar surface area (TPSA) is 125 Å². The van der Waals surface area contributed by atoms with E-state index < -0.39 is 35.2 Å². The van der Waals surface area contributed by atoms with Crippen LogP contribution in [0.5, 0.6) is 0 Å². The maximum Gasteiger partial charge on any atom is 0.501 e. The van der Waals surface area contributed by atoms with Crippen molar-refractivity contribution in [3.63, 3.8) is 0 Å². The summed E-state index contributed by atoms with van der Waals surface area (Å²) in [5.41, 5.74) is -1.98. The van der Waals surface area contributed by atoms with E-state index in [0.717, 1.165) is 42.7 Å². The lowest BCUT2D eigenvalue weighted by Gasteiger charge is -2.38. The van der Waals surface area contributed by atoms with Crippen molar-refractivity contribution in [1.29, 1.82) is 0 Å². The Balaban J connectivity index is 1.21. The quantitative estimate of drug-likeness (QED) is 0.124. The number of nitrogens with one attached hydrogen (secondary N) is 2. The number of nitrogens with zero attached hydrogens (tertiary/aromatic N) is 4. The van der Waals surface area contributed by atoms with Crippen LogP contribution < -0.4 is 10.0 Å². The van der Waals surface area contributed by atoms with Crippen molar-refractivity contribution in [2.45, 2.75) is 77.3 Å². The Labute approximate surface area is 325 Å². The van der Waals surface area contributed by atoms with Gasteiger partial charge in [0.2, 0.25) is 0 Å². The summed E-state index contributed by atoms with van der Waals surface area (Å²) in [6.45, 7) is 1.72. The molecule has 16 heteroatoms. The molecule has 1 aliphatic heterocycles. The summed E-state index contributed by atoms with van der Waals surface area (Å²) >= 11 is 1.54. The van der Waals surface area contributed by atoms with Gasteiger partial charge in [0.25, 0.3) is 19.9 Å². The average Bonchev–Trinajstić information content (AvgIpc) is 3.16. The second kappa shape index (κ2) is 17.5. The molecule has 2 N–H and O–H groups in total. The molecule has 0 spiro atoms. The molecule has 1 atom stereocenters. The predicted molar refractivity (Wildman–Crippen MR) is 211 cm³/mol. The van der Waals surface area contributed by atoms with Crippen molar-refractivity contribution < 1.29 is 30.0 Å². The number of hydrogen-bond acceptors (Lipinski definition) is 10. The van der Waals surface area contributed by atoms with Crippen molar-refractivity contribution in [1.82, 2.24) is 19.8 Å². The molecule has 1 aliphatic carbocycles. The van der Waals surface area contributed by atoms with Crippen LogP contribution in [0.15, 0.2) is 105 Å². The molecule has 0 unspecified atom stereocenters. The third-order valence-electron chi connectivity index (χ3n) is 9.87. The molecule has 3 aromatic carbocycles. The zero-order valence-electron chi connectivity index (χ0n) is 30.7. The Kier molecular flexibility index (Phi) is 12.9. The maximum absolute atomic E-state index is 14.1. The summed E-state index contributed by atoms with van der Waals surface area (Å²) in [4.78, 5) is 11.5. The van der Waals surface area contributed by atoms with Crippen molar-refractivity contribution in [2.75, 3.05) is 43.0 Å². The minimum absolute atomic E-state index is 0.0455. The lowest BCUT2D eigenvalue weighted by molar-refractivity contribution is -0.0437. The molecule has 4 aromatic rings. The van der Waals surface area contributed by atoms with Crippen molar-refractivity contribution in [3.05, 3.63) is 108 Å². The third-order valence-corrected chi connectivity index (χ3v) is 14.1. The second-order valence-corrected chi connectivity index (χ2v) is 18.7. The third kappa shape index (κ3) is 10.3. The first-order valence-electron chi connectivity index (χ1n) is 18.1. The molecule has 0 saturated heterocycles. The lowest BCUT2D eigenvalue weighted by atomic mass is 9.87. The minimum Gasteiger partial charge on any atom is -0.381 e. The van der Waals surface area contributed by atoms with Crippen molar-refractivity contribution in [2.24, 2.45) is 0 Å². The van der Waals surface area contributed by atoms with Gasteiger partial charge in [-0.15, -0.1) is 11.8 Å². The Morgan fingerprint density at radius 2 is 1.62 bits per heavy atom. The fourth-order valence-electron chi connectivity index (χ4n) is 6.94. The molecule has 2 aliphatic rings. The number of benzene rings is 3. The fraction of sp³-hybridized carbons (Fsp3) is 0.385. The Morgan fingerprint density at radius 1 is 0.927 bits per heavy atom. The Hall–Kier alpha value is -3.96. The highest BCUT2D eigenvalue weighted by molar-refractivity contribution is 7.99. The number of allylic oxidation sites excluding steroid dienone is 1. The second-order valence-electron chi connectivity index (χ2n) is 14.1. The van der Waals surface area contributed by atoms with Crippen LogP contribution in [0.4, 0.5) is 24.7 Å². The van der Waals surface area contributed by atoms with Crippen LogP contribution in [0.2, 0.25) is 0 Å². The van der Waals surface area contributed by atoms with E-state index in [9.17, 15) is 30.0 Å².